The zero-order valence-electron chi connectivity index (χ0n) is 14.6. The van der Waals surface area contributed by atoms with Gasteiger partial charge in [-0.05, 0) is 62.2 Å². The van der Waals surface area contributed by atoms with Crippen LogP contribution in [0.15, 0.2) is 73.3 Å². The molecule has 0 saturated heterocycles. The first-order valence-corrected chi connectivity index (χ1v) is 8.25. The van der Waals surface area contributed by atoms with E-state index in [4.69, 9.17) is 0 Å². The molecule has 1 heteroatoms. The lowest BCUT2D eigenvalue weighted by atomic mass is 10.1. The highest BCUT2D eigenvalue weighted by atomic mass is 15.1. The first-order chi connectivity index (χ1) is 11.6. The Morgan fingerprint density at radius 2 is 1.25 bits per heavy atom. The van der Waals surface area contributed by atoms with Gasteiger partial charge in [-0.1, -0.05) is 60.2 Å². The van der Waals surface area contributed by atoms with E-state index in [0.29, 0.717) is 0 Å². The largest absolute Gasteiger partial charge is 0.310 e. The van der Waals surface area contributed by atoms with Crippen molar-refractivity contribution in [3.8, 4) is 0 Å². The van der Waals surface area contributed by atoms with E-state index in [9.17, 15) is 0 Å². The van der Waals surface area contributed by atoms with Crippen LogP contribution in [-0.4, -0.2) is 0 Å². The molecule has 0 saturated carbocycles. The Kier molecular flexibility index (Phi) is 4.52. The van der Waals surface area contributed by atoms with Crippen molar-refractivity contribution in [3.05, 3.63) is 95.6 Å². The van der Waals surface area contributed by atoms with Gasteiger partial charge in [0.15, 0.2) is 0 Å². The topological polar surface area (TPSA) is 3.24 Å². The Labute approximate surface area is 144 Å². The lowest BCUT2D eigenvalue weighted by Crippen LogP contribution is -2.11. The van der Waals surface area contributed by atoms with Gasteiger partial charge in [0.05, 0.1) is 0 Å². The Bertz CT molecular complexity index is 842. The van der Waals surface area contributed by atoms with Gasteiger partial charge < -0.3 is 4.90 Å². The first kappa shape index (κ1) is 16.1. The summed E-state index contributed by atoms with van der Waals surface area (Å²) in [5.41, 5.74) is 8.46. The predicted octanol–water partition coefficient (Wildman–Crippen LogP) is 6.72. The minimum atomic E-state index is 1.13. The molecule has 0 N–H and O–H groups in total. The van der Waals surface area contributed by atoms with Crippen LogP contribution in [-0.2, 0) is 0 Å². The van der Waals surface area contributed by atoms with Crippen molar-refractivity contribution in [1.82, 2.24) is 0 Å². The molecule has 0 aromatic heterocycles. The quantitative estimate of drug-likeness (QED) is 0.516. The van der Waals surface area contributed by atoms with Gasteiger partial charge in [0, 0.05) is 17.1 Å². The summed E-state index contributed by atoms with van der Waals surface area (Å²) in [4.78, 5) is 2.31. The molecule has 0 unspecified atom stereocenters. The number of hydrogen-bond donors (Lipinski definition) is 0. The SMILES string of the molecule is C=Cc1ccc(N(c2ccc(C)cc2)c2ccc(C)cc2C)cc1. The molecule has 0 amide bonds. The highest BCUT2D eigenvalue weighted by Gasteiger charge is 2.14. The summed E-state index contributed by atoms with van der Waals surface area (Å²) in [7, 11) is 0. The lowest BCUT2D eigenvalue weighted by molar-refractivity contribution is 1.23. The third-order valence-corrected chi connectivity index (χ3v) is 4.27. The van der Waals surface area contributed by atoms with Crippen LogP contribution in [0.1, 0.15) is 22.3 Å². The van der Waals surface area contributed by atoms with Gasteiger partial charge in [0.1, 0.15) is 0 Å². The molecule has 1 nitrogen and oxygen atoms in total. The summed E-state index contributed by atoms with van der Waals surface area (Å²) < 4.78 is 0. The highest BCUT2D eigenvalue weighted by Crippen LogP contribution is 2.36. The van der Waals surface area contributed by atoms with E-state index >= 15 is 0 Å². The smallest absolute Gasteiger partial charge is 0.0490 e. The molecule has 0 atom stereocenters. The van der Waals surface area contributed by atoms with Gasteiger partial charge >= 0.3 is 0 Å². The molecule has 120 valence electrons. The first-order valence-electron chi connectivity index (χ1n) is 8.25. The van der Waals surface area contributed by atoms with Crippen molar-refractivity contribution in [3.63, 3.8) is 0 Å². The van der Waals surface area contributed by atoms with Crippen molar-refractivity contribution in [2.24, 2.45) is 0 Å². The van der Waals surface area contributed by atoms with Crippen LogP contribution in [0.4, 0.5) is 17.1 Å². The number of hydrogen-bond acceptors (Lipinski definition) is 1. The third-order valence-electron chi connectivity index (χ3n) is 4.27. The van der Waals surface area contributed by atoms with Gasteiger partial charge in [-0.25, -0.2) is 0 Å². The maximum absolute atomic E-state index is 3.84. The molecule has 0 radical (unpaired) electrons. The second-order valence-electron chi connectivity index (χ2n) is 6.26. The fourth-order valence-electron chi connectivity index (χ4n) is 2.94. The molecule has 0 aliphatic rings. The fourth-order valence-corrected chi connectivity index (χ4v) is 2.94. The van der Waals surface area contributed by atoms with E-state index in [-0.39, 0.29) is 0 Å². The summed E-state index contributed by atoms with van der Waals surface area (Å²) in [6.07, 6.45) is 1.87. The Balaban J connectivity index is 2.15. The fraction of sp³-hybridized carbons (Fsp3) is 0.130. The average molecular weight is 313 g/mol. The van der Waals surface area contributed by atoms with E-state index in [0.717, 1.165) is 11.3 Å². The molecule has 0 aliphatic heterocycles. The second-order valence-corrected chi connectivity index (χ2v) is 6.26. The summed E-state index contributed by atoms with van der Waals surface area (Å²) >= 11 is 0. The molecular weight excluding hydrogens is 290 g/mol. The van der Waals surface area contributed by atoms with Crippen LogP contribution in [0.2, 0.25) is 0 Å². The summed E-state index contributed by atoms with van der Waals surface area (Å²) in [5, 5.41) is 0. The van der Waals surface area contributed by atoms with Crippen LogP contribution in [0.5, 0.6) is 0 Å². The van der Waals surface area contributed by atoms with E-state index in [1.54, 1.807) is 0 Å². The second kappa shape index (κ2) is 6.76. The monoisotopic (exact) mass is 313 g/mol. The van der Waals surface area contributed by atoms with E-state index in [1.807, 2.05) is 6.08 Å². The minimum absolute atomic E-state index is 1.13. The number of rotatable bonds is 4. The minimum Gasteiger partial charge on any atom is -0.310 e. The average Bonchev–Trinajstić information content (AvgIpc) is 2.59. The van der Waals surface area contributed by atoms with Crippen LogP contribution in [0.3, 0.4) is 0 Å². The molecule has 0 bridgehead atoms. The van der Waals surface area contributed by atoms with Gasteiger partial charge in [0.2, 0.25) is 0 Å². The van der Waals surface area contributed by atoms with Crippen LogP contribution in [0, 0.1) is 20.8 Å². The lowest BCUT2D eigenvalue weighted by Gasteiger charge is -2.27. The number of aryl methyl sites for hydroxylation is 3. The molecule has 0 aliphatic carbocycles. The van der Waals surface area contributed by atoms with Crippen molar-refractivity contribution < 1.29 is 0 Å². The standard InChI is InChI=1S/C23H23N/c1-5-20-9-13-22(14-10-20)24(21-11-6-17(2)7-12-21)23-15-8-18(3)16-19(23)4/h5-16H,1H2,2-4H3. The molecule has 0 spiro atoms. The highest BCUT2D eigenvalue weighted by molar-refractivity contribution is 5.79. The predicted molar refractivity (Wildman–Crippen MR) is 105 cm³/mol. The van der Waals surface area contributed by atoms with Crippen LogP contribution in [0.25, 0.3) is 6.08 Å². The van der Waals surface area contributed by atoms with Crippen molar-refractivity contribution in [2.75, 3.05) is 4.90 Å². The van der Waals surface area contributed by atoms with Crippen LogP contribution < -0.4 is 4.90 Å². The molecule has 24 heavy (non-hydrogen) atoms. The normalized spacial score (nSPS) is 10.5. The zero-order valence-corrected chi connectivity index (χ0v) is 14.6. The van der Waals surface area contributed by atoms with Gasteiger partial charge in [-0.2, -0.15) is 0 Å². The maximum Gasteiger partial charge on any atom is 0.0490 e. The van der Waals surface area contributed by atoms with Gasteiger partial charge in [-0.15, -0.1) is 0 Å². The summed E-state index contributed by atoms with van der Waals surface area (Å²) in [5.74, 6) is 0. The molecule has 3 aromatic rings. The maximum atomic E-state index is 3.84. The molecule has 3 aromatic carbocycles. The number of anilines is 3. The number of nitrogens with zero attached hydrogens (tertiary/aromatic N) is 1. The zero-order chi connectivity index (χ0) is 17.1. The van der Waals surface area contributed by atoms with Gasteiger partial charge in [-0.3, -0.25) is 0 Å². The number of benzene rings is 3. The Hall–Kier alpha value is -2.80. The third kappa shape index (κ3) is 3.26. The van der Waals surface area contributed by atoms with E-state index in [2.05, 4.69) is 99.0 Å². The molecule has 0 heterocycles. The van der Waals surface area contributed by atoms with E-state index < -0.39 is 0 Å². The summed E-state index contributed by atoms with van der Waals surface area (Å²) in [6, 6.07) is 23.8. The van der Waals surface area contributed by atoms with Crippen molar-refractivity contribution >= 4 is 23.1 Å². The van der Waals surface area contributed by atoms with E-state index in [1.165, 1.54) is 28.1 Å². The molecule has 3 rings (SSSR count). The molecular formula is C23H23N. The molecule has 0 fully saturated rings. The Morgan fingerprint density at radius 3 is 1.79 bits per heavy atom. The summed E-state index contributed by atoms with van der Waals surface area (Å²) in [6.45, 7) is 10.3. The van der Waals surface area contributed by atoms with Gasteiger partial charge in [0.25, 0.3) is 0 Å². The Morgan fingerprint density at radius 1 is 0.708 bits per heavy atom. The van der Waals surface area contributed by atoms with Crippen molar-refractivity contribution in [1.29, 1.82) is 0 Å². The van der Waals surface area contributed by atoms with Crippen LogP contribution >= 0.6 is 0 Å². The van der Waals surface area contributed by atoms with Crippen molar-refractivity contribution in [2.45, 2.75) is 20.8 Å².